The number of fused-ring (bicyclic) bond motifs is 1. The lowest BCUT2D eigenvalue weighted by molar-refractivity contribution is -0.130. The molecule has 0 aromatic rings. The van der Waals surface area contributed by atoms with Gasteiger partial charge < -0.3 is 9.47 Å². The SMILES string of the molecule is C[C@H](CCCC1OCCO1)[C@H]1CC[C@H]2C(=O)CCC[C@]12C. The van der Waals surface area contributed by atoms with E-state index in [1.54, 1.807) is 0 Å². The monoisotopic (exact) mass is 294 g/mol. The lowest BCUT2D eigenvalue weighted by Crippen LogP contribution is -2.39. The number of ketones is 1. The Morgan fingerprint density at radius 2 is 2.05 bits per heavy atom. The molecule has 4 atom stereocenters. The number of hydrogen-bond acceptors (Lipinski definition) is 3. The van der Waals surface area contributed by atoms with E-state index in [-0.39, 0.29) is 11.7 Å². The maximum atomic E-state index is 12.2. The fourth-order valence-electron chi connectivity index (χ4n) is 5.29. The molecule has 0 radical (unpaired) electrons. The van der Waals surface area contributed by atoms with Crippen LogP contribution in [-0.2, 0) is 14.3 Å². The number of carbonyl (C=O) groups is 1. The second kappa shape index (κ2) is 6.37. The van der Waals surface area contributed by atoms with E-state index in [0.717, 1.165) is 44.8 Å². The van der Waals surface area contributed by atoms with Gasteiger partial charge in [0, 0.05) is 12.3 Å². The van der Waals surface area contributed by atoms with Gasteiger partial charge in [0.15, 0.2) is 6.29 Å². The summed E-state index contributed by atoms with van der Waals surface area (Å²) in [5.74, 6) is 2.36. The van der Waals surface area contributed by atoms with Crippen LogP contribution in [0.2, 0.25) is 0 Å². The van der Waals surface area contributed by atoms with Crippen molar-refractivity contribution >= 4 is 5.78 Å². The van der Waals surface area contributed by atoms with Crippen LogP contribution in [-0.4, -0.2) is 25.3 Å². The van der Waals surface area contributed by atoms with Crippen molar-refractivity contribution in [2.75, 3.05) is 13.2 Å². The highest BCUT2D eigenvalue weighted by atomic mass is 16.7. The van der Waals surface area contributed by atoms with Crippen LogP contribution in [0.15, 0.2) is 0 Å². The third-order valence-corrected chi connectivity index (χ3v) is 6.41. The highest BCUT2D eigenvalue weighted by molar-refractivity contribution is 5.83. The number of hydrogen-bond donors (Lipinski definition) is 0. The zero-order valence-electron chi connectivity index (χ0n) is 13.6. The van der Waals surface area contributed by atoms with Gasteiger partial charge in [-0.2, -0.15) is 0 Å². The van der Waals surface area contributed by atoms with Crippen LogP contribution in [0.1, 0.15) is 65.2 Å². The first-order valence-corrected chi connectivity index (χ1v) is 8.87. The summed E-state index contributed by atoms with van der Waals surface area (Å²) < 4.78 is 11.0. The van der Waals surface area contributed by atoms with Gasteiger partial charge in [-0.1, -0.05) is 20.3 Å². The minimum atomic E-state index is 0.0420. The molecule has 3 rings (SSSR count). The number of carbonyl (C=O) groups excluding carboxylic acids is 1. The Labute approximate surface area is 128 Å². The molecular formula is C18H30O3. The standard InChI is InChI=1S/C18H30O3/c1-13(5-3-7-17-20-11-12-21-17)14-8-9-15-16(19)6-4-10-18(14,15)2/h13-15,17H,3-12H2,1-2H3/t13-,14-,15+,18-/m1/s1. The van der Waals surface area contributed by atoms with E-state index in [1.807, 2.05) is 0 Å². The van der Waals surface area contributed by atoms with Crippen LogP contribution in [0.3, 0.4) is 0 Å². The van der Waals surface area contributed by atoms with Gasteiger partial charge in [-0.05, 0) is 55.8 Å². The lowest BCUT2D eigenvalue weighted by atomic mass is 9.62. The minimum absolute atomic E-state index is 0.0420. The van der Waals surface area contributed by atoms with Crippen molar-refractivity contribution in [3.05, 3.63) is 0 Å². The van der Waals surface area contributed by atoms with Crippen LogP contribution in [0.25, 0.3) is 0 Å². The molecule has 0 bridgehead atoms. The summed E-state index contributed by atoms with van der Waals surface area (Å²) in [6.07, 6.45) is 9.07. The molecule has 0 amide bonds. The molecule has 2 aliphatic carbocycles. The number of ether oxygens (including phenoxy) is 2. The van der Waals surface area contributed by atoms with E-state index in [9.17, 15) is 4.79 Å². The Morgan fingerprint density at radius 3 is 2.81 bits per heavy atom. The van der Waals surface area contributed by atoms with Crippen molar-refractivity contribution < 1.29 is 14.3 Å². The Bertz CT molecular complexity index is 375. The summed E-state index contributed by atoms with van der Waals surface area (Å²) in [5, 5.41) is 0. The average molecular weight is 294 g/mol. The summed E-state index contributed by atoms with van der Waals surface area (Å²) in [5.41, 5.74) is 0.287. The zero-order chi connectivity index (χ0) is 14.9. The van der Waals surface area contributed by atoms with Crippen LogP contribution >= 0.6 is 0 Å². The quantitative estimate of drug-likeness (QED) is 0.770. The topological polar surface area (TPSA) is 35.5 Å². The van der Waals surface area contributed by atoms with Crippen molar-refractivity contribution in [3.8, 4) is 0 Å². The fraction of sp³-hybridized carbons (Fsp3) is 0.944. The molecule has 3 heteroatoms. The summed E-state index contributed by atoms with van der Waals surface area (Å²) in [4.78, 5) is 12.2. The highest BCUT2D eigenvalue weighted by Crippen LogP contribution is 2.57. The van der Waals surface area contributed by atoms with Gasteiger partial charge in [-0.3, -0.25) is 4.79 Å². The molecule has 2 saturated carbocycles. The van der Waals surface area contributed by atoms with Crippen LogP contribution < -0.4 is 0 Å². The van der Waals surface area contributed by atoms with Crippen molar-refractivity contribution in [1.29, 1.82) is 0 Å². The molecular weight excluding hydrogens is 264 g/mol. The number of Topliss-reactive ketones (excluding diaryl/α,β-unsaturated/α-hetero) is 1. The Morgan fingerprint density at radius 1 is 1.29 bits per heavy atom. The first-order valence-electron chi connectivity index (χ1n) is 8.87. The molecule has 120 valence electrons. The van der Waals surface area contributed by atoms with Gasteiger partial charge in [0.05, 0.1) is 13.2 Å². The Kier molecular flexibility index (Phi) is 4.70. The predicted octanol–water partition coefficient (Wildman–Crippen LogP) is 3.95. The molecule has 0 aromatic heterocycles. The summed E-state index contributed by atoms with van der Waals surface area (Å²) in [6, 6.07) is 0. The molecule has 0 aromatic carbocycles. The largest absolute Gasteiger partial charge is 0.350 e. The summed E-state index contributed by atoms with van der Waals surface area (Å²) in [6.45, 7) is 6.30. The van der Waals surface area contributed by atoms with Gasteiger partial charge in [-0.25, -0.2) is 0 Å². The molecule has 1 saturated heterocycles. The maximum absolute atomic E-state index is 12.2. The second-order valence-electron chi connectivity index (χ2n) is 7.64. The lowest BCUT2D eigenvalue weighted by Gasteiger charge is -2.42. The van der Waals surface area contributed by atoms with E-state index in [4.69, 9.17) is 9.47 Å². The van der Waals surface area contributed by atoms with E-state index in [0.29, 0.717) is 17.6 Å². The van der Waals surface area contributed by atoms with Crippen LogP contribution in [0.4, 0.5) is 0 Å². The second-order valence-corrected chi connectivity index (χ2v) is 7.64. The Balaban J connectivity index is 1.52. The van der Waals surface area contributed by atoms with E-state index >= 15 is 0 Å². The third kappa shape index (κ3) is 3.05. The minimum Gasteiger partial charge on any atom is -0.350 e. The first kappa shape index (κ1) is 15.5. The molecule has 3 nitrogen and oxygen atoms in total. The normalized spacial score (nSPS) is 38.7. The zero-order valence-corrected chi connectivity index (χ0v) is 13.6. The van der Waals surface area contributed by atoms with Crippen molar-refractivity contribution in [3.63, 3.8) is 0 Å². The van der Waals surface area contributed by atoms with Gasteiger partial charge in [-0.15, -0.1) is 0 Å². The molecule has 1 heterocycles. The fourth-order valence-corrected chi connectivity index (χ4v) is 5.29. The van der Waals surface area contributed by atoms with E-state index in [2.05, 4.69) is 13.8 Å². The van der Waals surface area contributed by atoms with Gasteiger partial charge in [0.25, 0.3) is 0 Å². The van der Waals surface area contributed by atoms with E-state index in [1.165, 1.54) is 25.7 Å². The predicted molar refractivity (Wildman–Crippen MR) is 81.9 cm³/mol. The van der Waals surface area contributed by atoms with Gasteiger partial charge in [0.1, 0.15) is 5.78 Å². The van der Waals surface area contributed by atoms with Gasteiger partial charge >= 0.3 is 0 Å². The summed E-state index contributed by atoms with van der Waals surface area (Å²) in [7, 11) is 0. The van der Waals surface area contributed by atoms with Crippen molar-refractivity contribution in [1.82, 2.24) is 0 Å². The highest BCUT2D eigenvalue weighted by Gasteiger charge is 2.52. The van der Waals surface area contributed by atoms with Crippen molar-refractivity contribution in [2.24, 2.45) is 23.2 Å². The van der Waals surface area contributed by atoms with E-state index < -0.39 is 0 Å². The molecule has 0 unspecified atom stereocenters. The molecule has 0 spiro atoms. The number of rotatable bonds is 5. The van der Waals surface area contributed by atoms with Crippen LogP contribution in [0.5, 0.6) is 0 Å². The Hall–Kier alpha value is -0.410. The molecule has 21 heavy (non-hydrogen) atoms. The van der Waals surface area contributed by atoms with Crippen molar-refractivity contribution in [2.45, 2.75) is 71.5 Å². The average Bonchev–Trinajstić information content (AvgIpc) is 3.06. The molecule has 3 fully saturated rings. The molecule has 1 aliphatic heterocycles. The molecule has 3 aliphatic rings. The maximum Gasteiger partial charge on any atom is 0.157 e. The van der Waals surface area contributed by atoms with Crippen LogP contribution in [0, 0.1) is 23.2 Å². The first-order chi connectivity index (χ1) is 10.1. The summed E-state index contributed by atoms with van der Waals surface area (Å²) >= 11 is 0. The van der Waals surface area contributed by atoms with Gasteiger partial charge in [0.2, 0.25) is 0 Å². The third-order valence-electron chi connectivity index (χ3n) is 6.41. The molecule has 0 N–H and O–H groups in total. The smallest absolute Gasteiger partial charge is 0.157 e.